The van der Waals surface area contributed by atoms with Gasteiger partial charge in [-0.1, -0.05) is 30.3 Å². The van der Waals surface area contributed by atoms with Gasteiger partial charge in [-0.05, 0) is 45.8 Å². The summed E-state index contributed by atoms with van der Waals surface area (Å²) in [5.74, 6) is 0.521. The largest absolute Gasteiger partial charge is 0.444 e. The van der Waals surface area contributed by atoms with Gasteiger partial charge in [-0.2, -0.15) is 0 Å². The third-order valence-corrected chi connectivity index (χ3v) is 5.94. The molecular weight excluding hydrogens is 474 g/mol. The van der Waals surface area contributed by atoms with E-state index in [1.165, 1.54) is 0 Å². The number of hydrogen-bond acceptors (Lipinski definition) is 6. The summed E-state index contributed by atoms with van der Waals surface area (Å²) in [7, 11) is 0. The molecule has 0 unspecified atom stereocenters. The number of rotatable bonds is 4. The highest BCUT2D eigenvalue weighted by Gasteiger charge is 2.27. The smallest absolute Gasteiger partial charge is 0.295 e. The van der Waals surface area contributed by atoms with Gasteiger partial charge in [0, 0.05) is 32.4 Å². The van der Waals surface area contributed by atoms with Gasteiger partial charge in [0.15, 0.2) is 21.9 Å². The maximum atomic E-state index is 13.4. The van der Waals surface area contributed by atoms with E-state index in [4.69, 9.17) is 4.42 Å². The fraction of sp³-hybridized carbons (Fsp3) is 0.217. The number of hydrogen-bond donors (Lipinski definition) is 0. The van der Waals surface area contributed by atoms with E-state index in [0.29, 0.717) is 60.1 Å². The molecule has 9 heteroatoms. The molecule has 5 rings (SSSR count). The SMILES string of the molecule is O=C(c1ccc(Br)o1)N1CCN(c2nc3cccnc3n(Cc3ccccc3)c2=O)CC1. The molecule has 32 heavy (non-hydrogen) atoms. The van der Waals surface area contributed by atoms with Crippen molar-refractivity contribution >= 4 is 38.8 Å². The van der Waals surface area contributed by atoms with E-state index in [2.05, 4.69) is 25.9 Å². The number of anilines is 1. The summed E-state index contributed by atoms with van der Waals surface area (Å²) in [6.07, 6.45) is 1.67. The van der Waals surface area contributed by atoms with Crippen molar-refractivity contribution in [2.75, 3.05) is 31.1 Å². The first kappa shape index (κ1) is 20.4. The minimum atomic E-state index is -0.185. The van der Waals surface area contributed by atoms with Gasteiger partial charge in [0.05, 0.1) is 6.54 Å². The first-order chi connectivity index (χ1) is 15.6. The first-order valence-electron chi connectivity index (χ1n) is 10.3. The van der Waals surface area contributed by atoms with Crippen LogP contribution in [0.3, 0.4) is 0 Å². The van der Waals surface area contributed by atoms with Crippen LogP contribution < -0.4 is 10.5 Å². The van der Waals surface area contributed by atoms with Crippen molar-refractivity contribution in [1.29, 1.82) is 0 Å². The summed E-state index contributed by atoms with van der Waals surface area (Å²) in [5, 5.41) is 0. The average Bonchev–Trinajstić information content (AvgIpc) is 3.27. The number of pyridine rings is 1. The van der Waals surface area contributed by atoms with Crippen LogP contribution in [0, 0.1) is 0 Å². The normalized spacial score (nSPS) is 14.2. The Morgan fingerprint density at radius 3 is 2.50 bits per heavy atom. The quantitative estimate of drug-likeness (QED) is 0.434. The Kier molecular flexibility index (Phi) is 5.48. The molecule has 0 atom stereocenters. The molecule has 0 N–H and O–H groups in total. The molecule has 1 aromatic carbocycles. The average molecular weight is 494 g/mol. The Balaban J connectivity index is 1.43. The maximum absolute atomic E-state index is 13.4. The van der Waals surface area contributed by atoms with E-state index in [1.807, 2.05) is 47.4 Å². The van der Waals surface area contributed by atoms with E-state index in [1.54, 1.807) is 27.8 Å². The Morgan fingerprint density at radius 1 is 1.00 bits per heavy atom. The van der Waals surface area contributed by atoms with Gasteiger partial charge in [-0.3, -0.25) is 14.2 Å². The predicted molar refractivity (Wildman–Crippen MR) is 124 cm³/mol. The molecule has 0 bridgehead atoms. The van der Waals surface area contributed by atoms with E-state index in [-0.39, 0.29) is 11.5 Å². The molecule has 0 saturated carbocycles. The van der Waals surface area contributed by atoms with Gasteiger partial charge >= 0.3 is 0 Å². The highest BCUT2D eigenvalue weighted by molar-refractivity contribution is 9.10. The molecule has 162 valence electrons. The number of nitrogens with zero attached hydrogens (tertiary/aromatic N) is 5. The minimum absolute atomic E-state index is 0.160. The van der Waals surface area contributed by atoms with Gasteiger partial charge in [0.25, 0.3) is 11.5 Å². The third-order valence-electron chi connectivity index (χ3n) is 5.52. The van der Waals surface area contributed by atoms with Crippen molar-refractivity contribution in [2.45, 2.75) is 6.54 Å². The monoisotopic (exact) mass is 493 g/mol. The second-order valence-corrected chi connectivity index (χ2v) is 8.32. The number of amides is 1. The molecule has 3 aromatic heterocycles. The number of benzene rings is 1. The van der Waals surface area contributed by atoms with Crippen LogP contribution in [0.4, 0.5) is 5.82 Å². The maximum Gasteiger partial charge on any atom is 0.295 e. The van der Waals surface area contributed by atoms with Crippen LogP contribution in [-0.4, -0.2) is 51.5 Å². The molecule has 1 saturated heterocycles. The number of fused-ring (bicyclic) bond motifs is 1. The topological polar surface area (TPSA) is 84.5 Å². The summed E-state index contributed by atoms with van der Waals surface area (Å²) in [4.78, 5) is 38.8. The second kappa shape index (κ2) is 8.58. The van der Waals surface area contributed by atoms with Gasteiger partial charge in [-0.15, -0.1) is 0 Å². The van der Waals surface area contributed by atoms with E-state index < -0.39 is 0 Å². The highest BCUT2D eigenvalue weighted by atomic mass is 79.9. The highest BCUT2D eigenvalue weighted by Crippen LogP contribution is 2.19. The number of piperazine rings is 1. The van der Waals surface area contributed by atoms with Crippen LogP contribution in [0.15, 0.2) is 74.7 Å². The third kappa shape index (κ3) is 3.91. The molecule has 1 aliphatic heterocycles. The molecule has 0 radical (unpaired) electrons. The summed E-state index contributed by atoms with van der Waals surface area (Å²) < 4.78 is 7.58. The zero-order valence-electron chi connectivity index (χ0n) is 17.1. The van der Waals surface area contributed by atoms with Crippen molar-refractivity contribution in [2.24, 2.45) is 0 Å². The molecular formula is C23H20BrN5O3. The fourth-order valence-electron chi connectivity index (χ4n) is 3.89. The van der Waals surface area contributed by atoms with Crippen molar-refractivity contribution < 1.29 is 9.21 Å². The molecule has 0 aliphatic carbocycles. The van der Waals surface area contributed by atoms with Crippen LogP contribution in [0.25, 0.3) is 11.2 Å². The summed E-state index contributed by atoms with van der Waals surface area (Å²) in [6.45, 7) is 2.37. The minimum Gasteiger partial charge on any atom is -0.444 e. The number of carbonyl (C=O) groups is 1. The Morgan fingerprint density at radius 2 is 1.78 bits per heavy atom. The number of aromatic nitrogens is 3. The fourth-order valence-corrected chi connectivity index (χ4v) is 4.19. The Hall–Kier alpha value is -3.46. The molecule has 0 spiro atoms. The van der Waals surface area contributed by atoms with E-state index >= 15 is 0 Å². The van der Waals surface area contributed by atoms with Crippen LogP contribution in [0.2, 0.25) is 0 Å². The zero-order valence-corrected chi connectivity index (χ0v) is 18.7. The summed E-state index contributed by atoms with van der Waals surface area (Å²) >= 11 is 3.23. The number of halogens is 1. The predicted octanol–water partition coefficient (Wildman–Crippen LogP) is 3.16. The van der Waals surface area contributed by atoms with Gasteiger partial charge < -0.3 is 14.2 Å². The van der Waals surface area contributed by atoms with Crippen molar-refractivity contribution in [3.8, 4) is 0 Å². The molecule has 1 aliphatic rings. The van der Waals surface area contributed by atoms with Crippen molar-refractivity contribution in [3.63, 3.8) is 0 Å². The lowest BCUT2D eigenvalue weighted by Crippen LogP contribution is -2.50. The van der Waals surface area contributed by atoms with Gasteiger partial charge in [0.1, 0.15) is 5.52 Å². The molecule has 4 aromatic rings. The lowest BCUT2D eigenvalue weighted by Gasteiger charge is -2.34. The molecule has 4 heterocycles. The molecule has 8 nitrogen and oxygen atoms in total. The zero-order chi connectivity index (χ0) is 22.1. The lowest BCUT2D eigenvalue weighted by molar-refractivity contribution is 0.0713. The standard InChI is InChI=1S/C23H20BrN5O3/c24-19-9-8-18(32-19)22(30)28-13-11-27(12-14-28)21-23(31)29(15-16-5-2-1-3-6-16)20-17(26-21)7-4-10-25-20/h1-10H,11-15H2. The van der Waals surface area contributed by atoms with Gasteiger partial charge in [-0.25, -0.2) is 9.97 Å². The summed E-state index contributed by atoms with van der Waals surface area (Å²) in [6, 6.07) is 16.8. The summed E-state index contributed by atoms with van der Waals surface area (Å²) in [5.41, 5.74) is 2.05. The first-order valence-corrected chi connectivity index (χ1v) is 11.1. The van der Waals surface area contributed by atoms with E-state index in [9.17, 15) is 9.59 Å². The lowest BCUT2D eigenvalue weighted by atomic mass is 10.2. The van der Waals surface area contributed by atoms with Crippen LogP contribution in [0.5, 0.6) is 0 Å². The van der Waals surface area contributed by atoms with Crippen molar-refractivity contribution in [1.82, 2.24) is 19.4 Å². The Bertz CT molecular complexity index is 1330. The Labute approximate surface area is 192 Å². The van der Waals surface area contributed by atoms with Crippen LogP contribution >= 0.6 is 15.9 Å². The van der Waals surface area contributed by atoms with Crippen LogP contribution in [0.1, 0.15) is 16.1 Å². The van der Waals surface area contributed by atoms with Crippen LogP contribution in [-0.2, 0) is 6.54 Å². The second-order valence-electron chi connectivity index (χ2n) is 7.54. The molecule has 1 amide bonds. The molecule has 1 fully saturated rings. The number of furan rings is 1. The van der Waals surface area contributed by atoms with Crippen molar-refractivity contribution in [3.05, 3.63) is 87.1 Å². The number of carbonyl (C=O) groups excluding carboxylic acids is 1. The van der Waals surface area contributed by atoms with E-state index in [0.717, 1.165) is 5.56 Å². The van der Waals surface area contributed by atoms with Gasteiger partial charge in [0.2, 0.25) is 0 Å².